The van der Waals surface area contributed by atoms with Gasteiger partial charge in [-0.05, 0) is 25.0 Å². The van der Waals surface area contributed by atoms with Crippen molar-refractivity contribution in [3.63, 3.8) is 0 Å². The molecule has 0 spiro atoms. The monoisotopic (exact) mass is 332 g/mol. The average molecular weight is 332 g/mol. The molecule has 4 rings (SSSR count). The quantitative estimate of drug-likeness (QED) is 0.839. The van der Waals surface area contributed by atoms with E-state index in [0.29, 0.717) is 5.91 Å². The second-order valence-electron chi connectivity index (χ2n) is 6.02. The summed E-state index contributed by atoms with van der Waals surface area (Å²) in [7, 11) is 0. The highest BCUT2D eigenvalue weighted by atomic mass is 32.1. The lowest BCUT2D eigenvalue weighted by Gasteiger charge is -2.37. The highest BCUT2D eigenvalue weighted by Gasteiger charge is 2.29. The van der Waals surface area contributed by atoms with Gasteiger partial charge in [0.1, 0.15) is 10.3 Å². The van der Waals surface area contributed by atoms with Gasteiger partial charge >= 0.3 is 0 Å². The Morgan fingerprint density at radius 1 is 1.22 bits per heavy atom. The normalized spacial score (nSPS) is 20.2. The highest BCUT2D eigenvalue weighted by Crippen LogP contribution is 2.28. The molecule has 2 aliphatic rings. The zero-order valence-electron chi connectivity index (χ0n) is 13.0. The van der Waals surface area contributed by atoms with Crippen molar-refractivity contribution in [3.8, 4) is 0 Å². The summed E-state index contributed by atoms with van der Waals surface area (Å²) in [6.45, 7) is 4.67. The number of hydrogen-bond acceptors (Lipinski definition) is 6. The Hall–Kier alpha value is -1.73. The number of anilines is 1. The van der Waals surface area contributed by atoms with Gasteiger partial charge < -0.3 is 14.5 Å². The Bertz CT molecular complexity index is 657. The summed E-state index contributed by atoms with van der Waals surface area (Å²) in [6, 6.07) is 3.91. The van der Waals surface area contributed by atoms with Crippen LogP contribution in [0.2, 0.25) is 0 Å². The van der Waals surface area contributed by atoms with Gasteiger partial charge in [0.25, 0.3) is 0 Å². The first-order valence-corrected chi connectivity index (χ1v) is 8.96. The van der Waals surface area contributed by atoms with Crippen LogP contribution in [0, 0.1) is 5.92 Å². The van der Waals surface area contributed by atoms with Gasteiger partial charge in [0.05, 0.1) is 0 Å². The number of carbonyl (C=O) groups excluding carboxylic acids is 1. The zero-order valence-corrected chi connectivity index (χ0v) is 13.8. The van der Waals surface area contributed by atoms with E-state index in [1.165, 1.54) is 0 Å². The average Bonchev–Trinajstić information content (AvgIpc) is 3.06. The molecular weight excluding hydrogens is 312 g/mol. The van der Waals surface area contributed by atoms with Crippen LogP contribution in [0.3, 0.4) is 0 Å². The summed E-state index contributed by atoms with van der Waals surface area (Å²) < 4.78 is 5.35. The predicted octanol–water partition coefficient (Wildman–Crippen LogP) is 1.77. The molecule has 4 heterocycles. The van der Waals surface area contributed by atoms with Crippen LogP contribution in [-0.4, -0.2) is 60.2 Å². The standard InChI is InChI=1S/C16H20N4O2S/c21-15(12-3-10-22-11-4-12)19-6-8-20(9-7-19)16-18-13-2-1-5-17-14(13)23-16/h1-2,5,12H,3-4,6-11H2. The van der Waals surface area contributed by atoms with E-state index in [-0.39, 0.29) is 5.92 Å². The second kappa shape index (κ2) is 6.41. The molecule has 2 aromatic heterocycles. The van der Waals surface area contributed by atoms with Gasteiger partial charge in [0.2, 0.25) is 5.91 Å². The van der Waals surface area contributed by atoms with Crippen LogP contribution in [0.1, 0.15) is 12.8 Å². The molecule has 122 valence electrons. The van der Waals surface area contributed by atoms with Crippen LogP contribution >= 0.6 is 11.3 Å². The lowest BCUT2D eigenvalue weighted by molar-refractivity contribution is -0.138. The zero-order chi connectivity index (χ0) is 15.6. The van der Waals surface area contributed by atoms with Gasteiger partial charge in [-0.2, -0.15) is 0 Å². The van der Waals surface area contributed by atoms with Gasteiger partial charge in [0, 0.05) is 51.5 Å². The van der Waals surface area contributed by atoms with Crippen LogP contribution in [0.25, 0.3) is 10.3 Å². The predicted molar refractivity (Wildman–Crippen MR) is 89.8 cm³/mol. The van der Waals surface area contributed by atoms with Crippen LogP contribution in [0.4, 0.5) is 5.13 Å². The van der Waals surface area contributed by atoms with Gasteiger partial charge in [-0.25, -0.2) is 9.97 Å². The number of thiazole rings is 1. The molecule has 0 bridgehead atoms. The maximum atomic E-state index is 12.6. The van der Waals surface area contributed by atoms with Crippen LogP contribution in [-0.2, 0) is 9.53 Å². The number of fused-ring (bicyclic) bond motifs is 1. The third-order valence-electron chi connectivity index (χ3n) is 4.59. The molecule has 0 N–H and O–H groups in total. The Kier molecular flexibility index (Phi) is 4.13. The van der Waals surface area contributed by atoms with Crippen molar-refractivity contribution in [1.29, 1.82) is 0 Å². The molecule has 7 heteroatoms. The molecule has 0 radical (unpaired) electrons. The summed E-state index contributed by atoms with van der Waals surface area (Å²) in [5.41, 5.74) is 0.952. The van der Waals surface area contributed by atoms with Crippen molar-refractivity contribution in [3.05, 3.63) is 18.3 Å². The Morgan fingerprint density at radius 2 is 2.00 bits per heavy atom. The number of rotatable bonds is 2. The van der Waals surface area contributed by atoms with Crippen molar-refractivity contribution in [1.82, 2.24) is 14.9 Å². The minimum absolute atomic E-state index is 0.155. The topological polar surface area (TPSA) is 58.6 Å². The molecule has 1 amide bonds. The third-order valence-corrected chi connectivity index (χ3v) is 5.63. The van der Waals surface area contributed by atoms with Crippen molar-refractivity contribution < 1.29 is 9.53 Å². The summed E-state index contributed by atoms with van der Waals surface area (Å²) in [6.07, 6.45) is 3.53. The lowest BCUT2D eigenvalue weighted by Crippen LogP contribution is -2.51. The molecule has 0 unspecified atom stereocenters. The van der Waals surface area contributed by atoms with Crippen molar-refractivity contribution in [2.75, 3.05) is 44.3 Å². The van der Waals surface area contributed by atoms with Gasteiger partial charge in [-0.15, -0.1) is 0 Å². The molecule has 2 aromatic rings. The van der Waals surface area contributed by atoms with E-state index in [9.17, 15) is 4.79 Å². The van der Waals surface area contributed by atoms with E-state index in [2.05, 4.69) is 14.9 Å². The summed E-state index contributed by atoms with van der Waals surface area (Å²) in [5, 5.41) is 1.01. The van der Waals surface area contributed by atoms with Crippen molar-refractivity contribution >= 4 is 32.7 Å². The Labute approximate surface area is 139 Å². The summed E-state index contributed by atoms with van der Waals surface area (Å²) in [5.74, 6) is 0.459. The van der Waals surface area contributed by atoms with Crippen LogP contribution in [0.5, 0.6) is 0 Å². The molecule has 0 aromatic carbocycles. The highest BCUT2D eigenvalue weighted by molar-refractivity contribution is 7.21. The number of aromatic nitrogens is 2. The number of hydrogen-bond donors (Lipinski definition) is 0. The molecule has 2 saturated heterocycles. The van der Waals surface area contributed by atoms with Crippen LogP contribution in [0.15, 0.2) is 18.3 Å². The number of pyridine rings is 1. The number of nitrogens with zero attached hydrogens (tertiary/aromatic N) is 4. The fourth-order valence-electron chi connectivity index (χ4n) is 3.21. The molecule has 2 aliphatic heterocycles. The van der Waals surface area contributed by atoms with Gasteiger partial charge in [0.15, 0.2) is 5.13 Å². The second-order valence-corrected chi connectivity index (χ2v) is 6.98. The fraction of sp³-hybridized carbons (Fsp3) is 0.562. The van der Waals surface area contributed by atoms with Crippen molar-refractivity contribution in [2.24, 2.45) is 5.92 Å². The first-order valence-electron chi connectivity index (χ1n) is 8.14. The Morgan fingerprint density at radius 3 is 2.74 bits per heavy atom. The van der Waals surface area contributed by atoms with E-state index in [1.807, 2.05) is 17.0 Å². The first kappa shape index (κ1) is 14.8. The van der Waals surface area contributed by atoms with Gasteiger partial charge in [-0.1, -0.05) is 11.3 Å². The van der Waals surface area contributed by atoms with E-state index in [0.717, 1.165) is 67.7 Å². The minimum atomic E-state index is 0.155. The molecule has 0 saturated carbocycles. The summed E-state index contributed by atoms with van der Waals surface area (Å²) >= 11 is 1.63. The number of ether oxygens (including phenoxy) is 1. The number of piperazine rings is 1. The largest absolute Gasteiger partial charge is 0.381 e. The molecule has 0 aliphatic carbocycles. The number of amides is 1. The lowest BCUT2D eigenvalue weighted by atomic mass is 9.98. The third kappa shape index (κ3) is 3.03. The van der Waals surface area contributed by atoms with Crippen LogP contribution < -0.4 is 4.90 Å². The maximum absolute atomic E-state index is 12.6. The SMILES string of the molecule is O=C(C1CCOCC1)N1CCN(c2nc3cccnc3s2)CC1. The van der Waals surface area contributed by atoms with Crippen molar-refractivity contribution in [2.45, 2.75) is 12.8 Å². The fourth-order valence-corrected chi connectivity index (χ4v) is 4.17. The van der Waals surface area contributed by atoms with E-state index >= 15 is 0 Å². The maximum Gasteiger partial charge on any atom is 0.225 e. The Balaban J connectivity index is 1.39. The molecule has 2 fully saturated rings. The van der Waals surface area contributed by atoms with E-state index in [1.54, 1.807) is 17.5 Å². The smallest absolute Gasteiger partial charge is 0.225 e. The van der Waals surface area contributed by atoms with Gasteiger partial charge in [-0.3, -0.25) is 4.79 Å². The minimum Gasteiger partial charge on any atom is -0.381 e. The van der Waals surface area contributed by atoms with E-state index < -0.39 is 0 Å². The summed E-state index contributed by atoms with van der Waals surface area (Å²) in [4.78, 5) is 26.8. The molecule has 0 atom stereocenters. The van der Waals surface area contributed by atoms with E-state index in [4.69, 9.17) is 4.74 Å². The number of carbonyl (C=O) groups is 1. The molecule has 6 nitrogen and oxygen atoms in total. The molecular formula is C16H20N4O2S. The first-order chi connectivity index (χ1) is 11.3. The molecule has 23 heavy (non-hydrogen) atoms.